The van der Waals surface area contributed by atoms with Gasteiger partial charge in [0.05, 0.1) is 7.11 Å². The molecule has 2 rings (SSSR count). The van der Waals surface area contributed by atoms with Crippen molar-refractivity contribution in [2.75, 3.05) is 13.7 Å². The Kier molecular flexibility index (Phi) is 2.43. The van der Waals surface area contributed by atoms with Crippen molar-refractivity contribution in [3.05, 3.63) is 23.9 Å². The number of rotatable bonds is 3. The predicted octanol–water partition coefficient (Wildman–Crippen LogP) is 1.79. The Morgan fingerprint density at radius 3 is 2.80 bits per heavy atom. The summed E-state index contributed by atoms with van der Waals surface area (Å²) >= 11 is 0. The van der Waals surface area contributed by atoms with Gasteiger partial charge in [-0.15, -0.1) is 0 Å². The Morgan fingerprint density at radius 2 is 2.27 bits per heavy atom. The lowest BCUT2D eigenvalue weighted by molar-refractivity contribution is 0.397. The number of hydrogen-bond acceptors (Lipinski definition) is 3. The molecule has 15 heavy (non-hydrogen) atoms. The Balaban J connectivity index is 2.24. The molecule has 3 heteroatoms. The Hall–Kier alpha value is -1.09. The van der Waals surface area contributed by atoms with Gasteiger partial charge in [0.1, 0.15) is 0 Å². The minimum Gasteiger partial charge on any atom is -0.481 e. The number of pyridine rings is 1. The van der Waals surface area contributed by atoms with Gasteiger partial charge in [-0.3, -0.25) is 0 Å². The van der Waals surface area contributed by atoms with Crippen molar-refractivity contribution in [1.82, 2.24) is 4.98 Å². The van der Waals surface area contributed by atoms with Gasteiger partial charge in [-0.25, -0.2) is 4.98 Å². The lowest BCUT2D eigenvalue weighted by atomic mass is 10.0. The molecule has 3 nitrogen and oxygen atoms in total. The largest absolute Gasteiger partial charge is 0.481 e. The zero-order valence-electron chi connectivity index (χ0n) is 9.53. The summed E-state index contributed by atoms with van der Waals surface area (Å²) in [6.07, 6.45) is 1.80. The number of hydrogen-bond donors (Lipinski definition) is 1. The van der Waals surface area contributed by atoms with Crippen LogP contribution in [0.25, 0.3) is 0 Å². The fourth-order valence-electron chi connectivity index (χ4n) is 2.58. The quantitative estimate of drug-likeness (QED) is 0.820. The number of aromatic nitrogens is 1. The van der Waals surface area contributed by atoms with Gasteiger partial charge in [0.15, 0.2) is 0 Å². The van der Waals surface area contributed by atoms with Crippen LogP contribution in [0.5, 0.6) is 5.88 Å². The molecular formula is C12H18N2O. The van der Waals surface area contributed by atoms with E-state index in [9.17, 15) is 0 Å². The molecule has 1 aromatic heterocycles. The maximum absolute atomic E-state index is 5.76. The summed E-state index contributed by atoms with van der Waals surface area (Å²) in [6.45, 7) is 5.28. The number of ether oxygens (including phenoxy) is 1. The van der Waals surface area contributed by atoms with E-state index < -0.39 is 0 Å². The number of methoxy groups -OCH3 is 1. The van der Waals surface area contributed by atoms with Crippen molar-refractivity contribution in [2.45, 2.75) is 19.8 Å². The zero-order valence-corrected chi connectivity index (χ0v) is 9.53. The molecule has 2 unspecified atom stereocenters. The normalized spacial score (nSPS) is 27.5. The highest BCUT2D eigenvalue weighted by molar-refractivity contribution is 5.33. The summed E-state index contributed by atoms with van der Waals surface area (Å²) in [5.41, 5.74) is 7.38. The molecular weight excluding hydrogens is 188 g/mol. The van der Waals surface area contributed by atoms with Gasteiger partial charge in [-0.1, -0.05) is 13.8 Å². The molecule has 2 N–H and O–H groups in total. The molecule has 0 saturated heterocycles. The number of nitrogens with zero attached hydrogens (tertiary/aromatic N) is 1. The summed E-state index contributed by atoms with van der Waals surface area (Å²) in [5.74, 6) is 1.83. The van der Waals surface area contributed by atoms with Crippen molar-refractivity contribution < 1.29 is 4.74 Å². The molecule has 1 aromatic rings. The second-order valence-electron chi connectivity index (χ2n) is 4.77. The molecule has 0 spiro atoms. The van der Waals surface area contributed by atoms with E-state index in [0.29, 0.717) is 23.1 Å². The van der Waals surface area contributed by atoms with Gasteiger partial charge >= 0.3 is 0 Å². The molecule has 1 fully saturated rings. The van der Waals surface area contributed by atoms with Crippen LogP contribution in [-0.4, -0.2) is 18.6 Å². The maximum Gasteiger partial charge on any atom is 0.213 e. The molecule has 0 aromatic carbocycles. The third kappa shape index (κ3) is 1.61. The summed E-state index contributed by atoms with van der Waals surface area (Å²) in [7, 11) is 1.64. The number of nitrogens with two attached hydrogens (primary N) is 1. The molecule has 2 atom stereocenters. The summed E-state index contributed by atoms with van der Waals surface area (Å²) < 4.78 is 5.13. The van der Waals surface area contributed by atoms with Crippen molar-refractivity contribution in [2.24, 2.45) is 17.1 Å². The third-order valence-electron chi connectivity index (χ3n) is 3.63. The standard InChI is InChI=1S/C12H18N2O/c1-12(2)9(7-13)11(12)8-4-5-14-10(6-8)15-3/h4-6,9,11H,7,13H2,1-3H3. The first-order valence-corrected chi connectivity index (χ1v) is 5.31. The molecule has 0 aliphatic heterocycles. The van der Waals surface area contributed by atoms with Gasteiger partial charge in [0, 0.05) is 12.3 Å². The van der Waals surface area contributed by atoms with Gasteiger partial charge < -0.3 is 10.5 Å². The lowest BCUT2D eigenvalue weighted by Crippen LogP contribution is -2.05. The SMILES string of the molecule is COc1cc(C2C(CN)C2(C)C)ccn1. The van der Waals surface area contributed by atoms with Crippen LogP contribution in [0, 0.1) is 11.3 Å². The molecule has 82 valence electrons. The smallest absolute Gasteiger partial charge is 0.213 e. The Morgan fingerprint density at radius 1 is 1.53 bits per heavy atom. The van der Waals surface area contributed by atoms with Crippen LogP contribution in [0.2, 0.25) is 0 Å². The summed E-state index contributed by atoms with van der Waals surface area (Å²) in [4.78, 5) is 4.11. The van der Waals surface area contributed by atoms with Crippen molar-refractivity contribution in [1.29, 1.82) is 0 Å². The predicted molar refractivity (Wildman–Crippen MR) is 59.9 cm³/mol. The maximum atomic E-state index is 5.76. The van der Waals surface area contributed by atoms with E-state index in [1.54, 1.807) is 13.3 Å². The van der Waals surface area contributed by atoms with Crippen LogP contribution in [0.15, 0.2) is 18.3 Å². The highest BCUT2D eigenvalue weighted by Gasteiger charge is 2.57. The molecule has 0 amide bonds. The molecule has 0 bridgehead atoms. The van der Waals surface area contributed by atoms with Crippen molar-refractivity contribution in [3.63, 3.8) is 0 Å². The van der Waals surface area contributed by atoms with E-state index in [2.05, 4.69) is 24.9 Å². The fourth-order valence-corrected chi connectivity index (χ4v) is 2.58. The third-order valence-corrected chi connectivity index (χ3v) is 3.63. The first-order valence-electron chi connectivity index (χ1n) is 5.31. The van der Waals surface area contributed by atoms with Crippen LogP contribution in [0.1, 0.15) is 25.3 Å². The second-order valence-corrected chi connectivity index (χ2v) is 4.77. The highest BCUT2D eigenvalue weighted by atomic mass is 16.5. The molecule has 0 radical (unpaired) electrons. The van der Waals surface area contributed by atoms with Gasteiger partial charge in [0.25, 0.3) is 0 Å². The molecule has 1 aliphatic carbocycles. The average molecular weight is 206 g/mol. The van der Waals surface area contributed by atoms with Crippen LogP contribution in [0.4, 0.5) is 0 Å². The molecule has 1 saturated carbocycles. The monoisotopic (exact) mass is 206 g/mol. The first kappa shape index (κ1) is 10.4. The van der Waals surface area contributed by atoms with Crippen LogP contribution in [-0.2, 0) is 0 Å². The average Bonchev–Trinajstić information content (AvgIpc) is 2.80. The van der Waals surface area contributed by atoms with Gasteiger partial charge in [-0.05, 0) is 35.4 Å². The summed E-state index contributed by atoms with van der Waals surface area (Å²) in [6, 6.07) is 4.08. The van der Waals surface area contributed by atoms with Crippen LogP contribution < -0.4 is 10.5 Å². The summed E-state index contributed by atoms with van der Waals surface area (Å²) in [5, 5.41) is 0. The highest BCUT2D eigenvalue weighted by Crippen LogP contribution is 2.63. The van der Waals surface area contributed by atoms with E-state index in [4.69, 9.17) is 10.5 Å². The molecule has 1 aliphatic rings. The minimum absolute atomic E-state index is 0.321. The fraction of sp³-hybridized carbons (Fsp3) is 0.583. The van der Waals surface area contributed by atoms with Gasteiger partial charge in [0.2, 0.25) is 5.88 Å². The minimum atomic E-state index is 0.321. The van der Waals surface area contributed by atoms with E-state index in [1.165, 1.54) is 5.56 Å². The lowest BCUT2D eigenvalue weighted by Gasteiger charge is -2.04. The zero-order chi connectivity index (χ0) is 11.1. The van der Waals surface area contributed by atoms with Crippen molar-refractivity contribution in [3.8, 4) is 5.88 Å². The van der Waals surface area contributed by atoms with E-state index in [-0.39, 0.29) is 0 Å². The van der Waals surface area contributed by atoms with Crippen molar-refractivity contribution >= 4 is 0 Å². The topological polar surface area (TPSA) is 48.1 Å². The van der Waals surface area contributed by atoms with E-state index >= 15 is 0 Å². The van der Waals surface area contributed by atoms with Crippen LogP contribution in [0.3, 0.4) is 0 Å². The van der Waals surface area contributed by atoms with Gasteiger partial charge in [-0.2, -0.15) is 0 Å². The molecule has 1 heterocycles. The Labute approximate surface area is 90.7 Å². The Bertz CT molecular complexity index is 362. The van der Waals surface area contributed by atoms with E-state index in [1.807, 2.05) is 6.07 Å². The second kappa shape index (κ2) is 3.49. The van der Waals surface area contributed by atoms with Crippen LogP contribution >= 0.6 is 0 Å². The van der Waals surface area contributed by atoms with E-state index in [0.717, 1.165) is 6.54 Å². The first-order chi connectivity index (χ1) is 7.11.